The van der Waals surface area contributed by atoms with E-state index in [0.29, 0.717) is 18.9 Å². The molecule has 1 fully saturated rings. The lowest BCUT2D eigenvalue weighted by atomic mass is 10.0. The summed E-state index contributed by atoms with van der Waals surface area (Å²) < 4.78 is 41.5. The largest absolute Gasteiger partial charge is 0.416 e. The van der Waals surface area contributed by atoms with Crippen molar-refractivity contribution in [2.75, 3.05) is 31.5 Å². The molecule has 0 bridgehead atoms. The number of halogens is 4. The van der Waals surface area contributed by atoms with Gasteiger partial charge < -0.3 is 15.7 Å². The summed E-state index contributed by atoms with van der Waals surface area (Å²) in [4.78, 5) is 6.02. The molecule has 0 amide bonds. The summed E-state index contributed by atoms with van der Waals surface area (Å²) in [6, 6.07) is 7.31. The van der Waals surface area contributed by atoms with E-state index >= 15 is 0 Å². The highest BCUT2D eigenvalue weighted by atomic mass is 79.9. The molecule has 1 atom stereocenters. The first-order chi connectivity index (χ1) is 12.8. The standard InChI is InChI=1S/C18H20BrF3N4O/c19-14-3-4-24-16(10-14)25-17(27)12-1-2-13(15(9-12)18(20,21)22)11-26-7-5-23-6-8-26/h1-4,9-10,17,23,27H,5-8,11H2,(H,24,25). The molecule has 1 unspecified atom stereocenters. The van der Waals surface area contributed by atoms with Crippen LogP contribution in [0, 0.1) is 0 Å². The molecule has 9 heteroatoms. The average Bonchev–Trinajstić information content (AvgIpc) is 2.62. The van der Waals surface area contributed by atoms with Gasteiger partial charge in [0, 0.05) is 49.0 Å². The van der Waals surface area contributed by atoms with Crippen molar-refractivity contribution in [2.24, 2.45) is 0 Å². The Kier molecular flexibility index (Phi) is 6.36. The minimum Gasteiger partial charge on any atom is -0.369 e. The highest BCUT2D eigenvalue weighted by Crippen LogP contribution is 2.34. The molecule has 1 aromatic carbocycles. The minimum atomic E-state index is -4.49. The van der Waals surface area contributed by atoms with Crippen molar-refractivity contribution in [3.63, 3.8) is 0 Å². The number of anilines is 1. The van der Waals surface area contributed by atoms with E-state index in [1.165, 1.54) is 18.3 Å². The topological polar surface area (TPSA) is 60.4 Å². The zero-order valence-corrected chi connectivity index (χ0v) is 16.0. The van der Waals surface area contributed by atoms with Crippen molar-refractivity contribution in [2.45, 2.75) is 18.9 Å². The number of nitrogens with one attached hydrogen (secondary N) is 2. The molecule has 0 spiro atoms. The van der Waals surface area contributed by atoms with Gasteiger partial charge in [0.2, 0.25) is 0 Å². The third-order valence-corrected chi connectivity index (χ3v) is 4.86. The number of piperazine rings is 1. The SMILES string of the molecule is OC(Nc1cc(Br)ccn1)c1ccc(CN2CCNCC2)c(C(F)(F)F)c1. The van der Waals surface area contributed by atoms with Crippen molar-refractivity contribution in [3.8, 4) is 0 Å². The molecule has 2 heterocycles. The number of benzene rings is 1. The number of pyridine rings is 1. The first-order valence-electron chi connectivity index (χ1n) is 8.52. The Labute approximate surface area is 163 Å². The zero-order valence-electron chi connectivity index (χ0n) is 14.4. The van der Waals surface area contributed by atoms with E-state index in [0.717, 1.165) is 23.6 Å². The maximum Gasteiger partial charge on any atom is 0.416 e. The Balaban J connectivity index is 1.81. The van der Waals surface area contributed by atoms with Gasteiger partial charge in [-0.05, 0) is 23.8 Å². The Bertz CT molecular complexity index is 781. The van der Waals surface area contributed by atoms with Gasteiger partial charge in [0.05, 0.1) is 5.56 Å². The summed E-state index contributed by atoms with van der Waals surface area (Å²) in [6.07, 6.45) is -4.27. The van der Waals surface area contributed by atoms with Crippen LogP contribution in [0.5, 0.6) is 0 Å². The minimum absolute atomic E-state index is 0.133. The number of aliphatic hydroxyl groups excluding tert-OH is 1. The highest BCUT2D eigenvalue weighted by Gasteiger charge is 2.34. The molecule has 0 aliphatic carbocycles. The molecule has 1 aliphatic rings. The number of nitrogens with zero attached hydrogens (tertiary/aromatic N) is 2. The van der Waals surface area contributed by atoms with E-state index in [2.05, 4.69) is 31.5 Å². The summed E-state index contributed by atoms with van der Waals surface area (Å²) in [5.74, 6) is 0.357. The van der Waals surface area contributed by atoms with Gasteiger partial charge >= 0.3 is 6.18 Å². The zero-order chi connectivity index (χ0) is 19.4. The summed E-state index contributed by atoms with van der Waals surface area (Å²) in [5, 5.41) is 16.2. The third-order valence-electron chi connectivity index (χ3n) is 4.37. The molecule has 0 radical (unpaired) electrons. The predicted octanol–water partition coefficient (Wildman–Crippen LogP) is 3.37. The molecule has 1 saturated heterocycles. The average molecular weight is 445 g/mol. The fraction of sp³-hybridized carbons (Fsp3) is 0.389. The fourth-order valence-corrected chi connectivity index (χ4v) is 3.32. The summed E-state index contributed by atoms with van der Waals surface area (Å²) >= 11 is 3.28. The summed E-state index contributed by atoms with van der Waals surface area (Å²) in [6.45, 7) is 3.17. The summed E-state index contributed by atoms with van der Waals surface area (Å²) in [7, 11) is 0. The van der Waals surface area contributed by atoms with Crippen molar-refractivity contribution in [1.29, 1.82) is 0 Å². The maximum atomic E-state index is 13.6. The quantitative estimate of drug-likeness (QED) is 0.617. The van der Waals surface area contributed by atoms with Gasteiger partial charge in [-0.3, -0.25) is 4.90 Å². The second-order valence-corrected chi connectivity index (χ2v) is 7.26. The maximum absolute atomic E-state index is 13.6. The van der Waals surface area contributed by atoms with Crippen molar-refractivity contribution >= 4 is 21.7 Å². The molecule has 27 heavy (non-hydrogen) atoms. The number of hydrogen-bond donors (Lipinski definition) is 3. The van der Waals surface area contributed by atoms with Gasteiger partial charge in [-0.15, -0.1) is 0 Å². The van der Waals surface area contributed by atoms with Gasteiger partial charge in [0.25, 0.3) is 0 Å². The lowest BCUT2D eigenvalue weighted by Crippen LogP contribution is -2.43. The Morgan fingerprint density at radius 2 is 1.96 bits per heavy atom. The monoisotopic (exact) mass is 444 g/mol. The lowest BCUT2D eigenvalue weighted by Gasteiger charge is -2.28. The van der Waals surface area contributed by atoms with Gasteiger partial charge in [0.1, 0.15) is 5.82 Å². The van der Waals surface area contributed by atoms with Crippen LogP contribution in [0.15, 0.2) is 41.0 Å². The molecule has 146 valence electrons. The Morgan fingerprint density at radius 1 is 1.22 bits per heavy atom. The lowest BCUT2D eigenvalue weighted by molar-refractivity contribution is -0.138. The van der Waals surface area contributed by atoms with E-state index in [-0.39, 0.29) is 17.7 Å². The van der Waals surface area contributed by atoms with Crippen LogP contribution in [0.3, 0.4) is 0 Å². The van der Waals surface area contributed by atoms with E-state index in [4.69, 9.17) is 0 Å². The normalized spacial score (nSPS) is 16.9. The number of rotatable bonds is 5. The molecular weight excluding hydrogens is 425 g/mol. The van der Waals surface area contributed by atoms with Gasteiger partial charge in [0.15, 0.2) is 6.23 Å². The molecule has 5 nitrogen and oxygen atoms in total. The number of aromatic nitrogens is 1. The molecule has 1 aliphatic heterocycles. The van der Waals surface area contributed by atoms with Gasteiger partial charge in [-0.2, -0.15) is 13.2 Å². The van der Waals surface area contributed by atoms with E-state index < -0.39 is 18.0 Å². The van der Waals surface area contributed by atoms with Crippen LogP contribution in [0.25, 0.3) is 0 Å². The fourth-order valence-electron chi connectivity index (χ4n) is 2.98. The van der Waals surface area contributed by atoms with Crippen LogP contribution in [0.2, 0.25) is 0 Å². The van der Waals surface area contributed by atoms with E-state index in [1.54, 1.807) is 12.1 Å². The Hall–Kier alpha value is -1.68. The Morgan fingerprint density at radius 3 is 2.63 bits per heavy atom. The second kappa shape index (κ2) is 8.55. The van der Waals surface area contributed by atoms with Crippen LogP contribution in [0.1, 0.15) is 22.9 Å². The third kappa shape index (κ3) is 5.41. The molecule has 0 saturated carbocycles. The predicted molar refractivity (Wildman–Crippen MR) is 100 cm³/mol. The van der Waals surface area contributed by atoms with E-state index in [1.807, 2.05) is 4.90 Å². The first kappa shape index (κ1) is 20.1. The van der Waals surface area contributed by atoms with Gasteiger partial charge in [-0.1, -0.05) is 28.1 Å². The van der Waals surface area contributed by atoms with Crippen LogP contribution >= 0.6 is 15.9 Å². The number of aliphatic hydroxyl groups is 1. The molecule has 1 aromatic heterocycles. The van der Waals surface area contributed by atoms with Crippen LogP contribution in [0.4, 0.5) is 19.0 Å². The van der Waals surface area contributed by atoms with E-state index in [9.17, 15) is 18.3 Å². The molecular formula is C18H20BrF3N4O. The van der Waals surface area contributed by atoms with Crippen LogP contribution in [-0.4, -0.2) is 41.2 Å². The molecule has 3 rings (SSSR count). The number of hydrogen-bond acceptors (Lipinski definition) is 5. The molecule has 3 N–H and O–H groups in total. The number of alkyl halides is 3. The van der Waals surface area contributed by atoms with Crippen molar-refractivity contribution in [1.82, 2.24) is 15.2 Å². The molecule has 2 aromatic rings. The second-order valence-electron chi connectivity index (χ2n) is 6.35. The first-order valence-corrected chi connectivity index (χ1v) is 9.31. The highest BCUT2D eigenvalue weighted by molar-refractivity contribution is 9.10. The van der Waals surface area contributed by atoms with Crippen LogP contribution < -0.4 is 10.6 Å². The van der Waals surface area contributed by atoms with Crippen molar-refractivity contribution in [3.05, 3.63) is 57.7 Å². The van der Waals surface area contributed by atoms with Crippen molar-refractivity contribution < 1.29 is 18.3 Å². The van der Waals surface area contributed by atoms with Crippen LogP contribution in [-0.2, 0) is 12.7 Å². The smallest absolute Gasteiger partial charge is 0.369 e. The summed E-state index contributed by atoms with van der Waals surface area (Å²) in [5.41, 5.74) is -0.379. The van der Waals surface area contributed by atoms with Gasteiger partial charge in [-0.25, -0.2) is 4.98 Å².